The molecule has 0 saturated carbocycles. The number of carbonyl (C=O) groups is 2. The highest BCUT2D eigenvalue weighted by atomic mass is 16.3. The van der Waals surface area contributed by atoms with Crippen molar-refractivity contribution in [1.29, 1.82) is 0 Å². The number of hydrogen-bond acceptors (Lipinski definition) is 4. The molecule has 144 valence electrons. The molecule has 2 aromatic rings. The molecule has 0 bridgehead atoms. The smallest absolute Gasteiger partial charge is 0.315 e. The number of carbonyl (C=O) groups excluding carboxylic acids is 2. The minimum atomic E-state index is -0.294. The molecule has 0 spiro atoms. The number of para-hydroxylation sites is 1. The van der Waals surface area contributed by atoms with Gasteiger partial charge >= 0.3 is 6.03 Å². The number of aryl methyl sites for hydroxylation is 1. The number of nitrogens with one attached hydrogen (secondary N) is 2. The van der Waals surface area contributed by atoms with E-state index in [1.165, 1.54) is 0 Å². The van der Waals surface area contributed by atoms with Crippen LogP contribution in [-0.2, 0) is 11.8 Å². The summed E-state index contributed by atoms with van der Waals surface area (Å²) in [4.78, 5) is 23.2. The van der Waals surface area contributed by atoms with Crippen molar-refractivity contribution in [2.45, 2.75) is 44.6 Å². The van der Waals surface area contributed by atoms with Crippen LogP contribution in [0.2, 0.25) is 0 Å². The van der Waals surface area contributed by atoms with Crippen molar-refractivity contribution in [3.05, 3.63) is 24.3 Å². The van der Waals surface area contributed by atoms with Crippen LogP contribution in [0.15, 0.2) is 34.5 Å². The number of benzene rings is 1. The molecular formula is C19H25N5O3. The van der Waals surface area contributed by atoms with Crippen LogP contribution in [0, 0.1) is 0 Å². The molecule has 2 heterocycles. The van der Waals surface area contributed by atoms with Crippen molar-refractivity contribution in [2.24, 2.45) is 17.3 Å². The largest absolute Gasteiger partial charge is 0.493 e. The summed E-state index contributed by atoms with van der Waals surface area (Å²) in [6.45, 7) is 0.719. The van der Waals surface area contributed by atoms with Gasteiger partial charge in [0.1, 0.15) is 0 Å². The van der Waals surface area contributed by atoms with E-state index in [9.17, 15) is 14.7 Å². The second-order valence-electron chi connectivity index (χ2n) is 6.83. The topological polar surface area (TPSA) is 108 Å². The monoisotopic (exact) mass is 371 g/mol. The van der Waals surface area contributed by atoms with Crippen molar-refractivity contribution < 1.29 is 14.7 Å². The maximum atomic E-state index is 12.0. The number of unbranched alkanes of at least 4 members (excludes halogenated alkanes) is 2. The molecule has 3 rings (SSSR count). The molecule has 1 fully saturated rings. The average molecular weight is 371 g/mol. The summed E-state index contributed by atoms with van der Waals surface area (Å²) in [7, 11) is 1.74. The minimum Gasteiger partial charge on any atom is -0.493 e. The Labute approximate surface area is 157 Å². The van der Waals surface area contributed by atoms with Gasteiger partial charge in [0, 0.05) is 31.4 Å². The van der Waals surface area contributed by atoms with E-state index in [-0.39, 0.29) is 23.9 Å². The van der Waals surface area contributed by atoms with Gasteiger partial charge in [0.25, 0.3) is 5.91 Å². The zero-order valence-corrected chi connectivity index (χ0v) is 15.4. The van der Waals surface area contributed by atoms with Gasteiger partial charge in [0.05, 0.1) is 5.52 Å². The zero-order valence-electron chi connectivity index (χ0n) is 15.4. The number of aromatic hydroxyl groups is 1. The van der Waals surface area contributed by atoms with Crippen molar-refractivity contribution in [1.82, 2.24) is 15.2 Å². The van der Waals surface area contributed by atoms with Gasteiger partial charge in [0.15, 0.2) is 5.69 Å². The molecule has 1 aliphatic rings. The standard InChI is InChI=1S/C19H25N5O3/c1-24-15-9-6-5-8-14(15)17(18(24)26)23-22-16(25)10-4-2-3-7-13-11-12-20-19(27)21-13/h5-6,8-9,13,26H,2-4,7,10-12H2,1H3,(H2,20,21,27). The minimum absolute atomic E-state index is 0.00299. The predicted molar refractivity (Wildman–Crippen MR) is 102 cm³/mol. The Balaban J connectivity index is 1.44. The Morgan fingerprint density at radius 2 is 2.11 bits per heavy atom. The molecule has 0 aliphatic carbocycles. The summed E-state index contributed by atoms with van der Waals surface area (Å²) in [5, 5.41) is 24.3. The fraction of sp³-hybridized carbons (Fsp3) is 0.474. The molecule has 1 saturated heterocycles. The van der Waals surface area contributed by atoms with Crippen molar-refractivity contribution in [2.75, 3.05) is 6.54 Å². The van der Waals surface area contributed by atoms with Crippen molar-refractivity contribution >= 4 is 28.5 Å². The highest BCUT2D eigenvalue weighted by Gasteiger charge is 2.17. The van der Waals surface area contributed by atoms with Gasteiger partial charge < -0.3 is 20.3 Å². The second kappa shape index (κ2) is 8.66. The number of hydrogen-bond donors (Lipinski definition) is 3. The normalized spacial score (nSPS) is 17.2. The highest BCUT2D eigenvalue weighted by molar-refractivity contribution is 5.95. The Hall–Kier alpha value is -2.90. The molecule has 8 nitrogen and oxygen atoms in total. The van der Waals surface area contributed by atoms with Gasteiger partial charge in [0.2, 0.25) is 5.88 Å². The summed E-state index contributed by atoms with van der Waals surface area (Å²) in [6, 6.07) is 7.58. The molecule has 8 heteroatoms. The van der Waals surface area contributed by atoms with Gasteiger partial charge in [-0.1, -0.05) is 31.0 Å². The number of amides is 3. The van der Waals surface area contributed by atoms with E-state index in [1.54, 1.807) is 11.6 Å². The van der Waals surface area contributed by atoms with Crippen LogP contribution in [-0.4, -0.2) is 34.2 Å². The third-order valence-corrected chi connectivity index (χ3v) is 4.87. The molecule has 0 radical (unpaired) electrons. The first kappa shape index (κ1) is 18.9. The highest BCUT2D eigenvalue weighted by Crippen LogP contribution is 2.37. The first-order valence-corrected chi connectivity index (χ1v) is 9.31. The van der Waals surface area contributed by atoms with Gasteiger partial charge in [-0.15, -0.1) is 10.2 Å². The summed E-state index contributed by atoms with van der Waals surface area (Å²) < 4.78 is 1.62. The lowest BCUT2D eigenvalue weighted by Crippen LogP contribution is -2.49. The molecule has 3 amide bonds. The fourth-order valence-corrected chi connectivity index (χ4v) is 3.34. The fourth-order valence-electron chi connectivity index (χ4n) is 3.34. The van der Waals surface area contributed by atoms with Crippen LogP contribution >= 0.6 is 0 Å². The third kappa shape index (κ3) is 4.64. The van der Waals surface area contributed by atoms with Crippen molar-refractivity contribution in [3.8, 4) is 5.88 Å². The lowest BCUT2D eigenvalue weighted by Gasteiger charge is -2.24. The Morgan fingerprint density at radius 1 is 1.30 bits per heavy atom. The summed E-state index contributed by atoms with van der Waals surface area (Å²) in [6.07, 6.45) is 4.78. The lowest BCUT2D eigenvalue weighted by atomic mass is 10.0. The van der Waals surface area contributed by atoms with Crippen LogP contribution in [0.4, 0.5) is 10.5 Å². The first-order valence-electron chi connectivity index (χ1n) is 9.31. The van der Waals surface area contributed by atoms with Gasteiger partial charge in [-0.05, 0) is 25.3 Å². The van der Waals surface area contributed by atoms with E-state index in [4.69, 9.17) is 0 Å². The van der Waals surface area contributed by atoms with E-state index < -0.39 is 0 Å². The Morgan fingerprint density at radius 3 is 2.93 bits per heavy atom. The van der Waals surface area contributed by atoms with Crippen LogP contribution in [0.3, 0.4) is 0 Å². The average Bonchev–Trinajstić information content (AvgIpc) is 2.91. The first-order chi connectivity index (χ1) is 13.1. The lowest BCUT2D eigenvalue weighted by molar-refractivity contribution is -0.118. The van der Waals surface area contributed by atoms with E-state index in [0.29, 0.717) is 12.1 Å². The third-order valence-electron chi connectivity index (χ3n) is 4.87. The number of aromatic nitrogens is 1. The molecule has 27 heavy (non-hydrogen) atoms. The summed E-state index contributed by atoms with van der Waals surface area (Å²) in [5.41, 5.74) is 1.16. The van der Waals surface area contributed by atoms with E-state index in [0.717, 1.165) is 49.6 Å². The molecular weight excluding hydrogens is 346 g/mol. The SMILES string of the molecule is Cn1c(O)c(N=NC(=O)CCCCCC2CCNC(=O)N2)c2ccccc21. The second-order valence-corrected chi connectivity index (χ2v) is 6.83. The van der Waals surface area contributed by atoms with E-state index in [2.05, 4.69) is 20.9 Å². The molecule has 1 aromatic carbocycles. The maximum absolute atomic E-state index is 12.0. The quantitative estimate of drug-likeness (QED) is 0.512. The Kier molecular flexibility index (Phi) is 6.05. The zero-order chi connectivity index (χ0) is 19.2. The van der Waals surface area contributed by atoms with E-state index in [1.807, 2.05) is 24.3 Å². The van der Waals surface area contributed by atoms with E-state index >= 15 is 0 Å². The molecule has 1 unspecified atom stereocenters. The van der Waals surface area contributed by atoms with Crippen LogP contribution in [0.25, 0.3) is 10.9 Å². The van der Waals surface area contributed by atoms with Crippen LogP contribution in [0.1, 0.15) is 38.5 Å². The summed E-state index contributed by atoms with van der Waals surface area (Å²) in [5.74, 6) is -0.297. The number of nitrogens with zero attached hydrogens (tertiary/aromatic N) is 3. The maximum Gasteiger partial charge on any atom is 0.315 e. The molecule has 1 atom stereocenters. The number of azo groups is 1. The van der Waals surface area contributed by atoms with Gasteiger partial charge in [-0.3, -0.25) is 4.79 Å². The van der Waals surface area contributed by atoms with Gasteiger partial charge in [-0.2, -0.15) is 0 Å². The number of rotatable bonds is 7. The molecule has 1 aliphatic heterocycles. The van der Waals surface area contributed by atoms with Crippen molar-refractivity contribution in [3.63, 3.8) is 0 Å². The molecule has 3 N–H and O–H groups in total. The Bertz CT molecular complexity index is 858. The number of urea groups is 1. The van der Waals surface area contributed by atoms with Crippen LogP contribution < -0.4 is 10.6 Å². The molecule has 1 aromatic heterocycles. The van der Waals surface area contributed by atoms with Gasteiger partial charge in [-0.25, -0.2) is 4.79 Å². The number of fused-ring (bicyclic) bond motifs is 1. The predicted octanol–water partition coefficient (Wildman–Crippen LogP) is 3.52. The van der Waals surface area contributed by atoms with Crippen LogP contribution in [0.5, 0.6) is 5.88 Å². The summed E-state index contributed by atoms with van der Waals surface area (Å²) >= 11 is 0.